The Kier molecular flexibility index (Phi) is 10.5. The number of benzene rings is 3. The van der Waals surface area contributed by atoms with Crippen LogP contribution in [0.15, 0.2) is 163 Å². The topological polar surface area (TPSA) is 26.0 Å². The van der Waals surface area contributed by atoms with Crippen LogP contribution in [0.2, 0.25) is 0 Å². The Bertz CT molecular complexity index is 1480. The summed E-state index contributed by atoms with van der Waals surface area (Å²) in [5, 5.41) is 2.55. The average Bonchev–Trinajstić information content (AvgIpc) is 3.01. The van der Waals surface area contributed by atoms with Gasteiger partial charge in [0.15, 0.2) is 0 Å². The van der Waals surface area contributed by atoms with Gasteiger partial charge < -0.3 is 5.73 Å². The fourth-order valence-corrected chi connectivity index (χ4v) is 5.12. The zero-order valence-corrected chi connectivity index (χ0v) is 23.7. The van der Waals surface area contributed by atoms with E-state index in [4.69, 9.17) is 5.73 Å². The summed E-state index contributed by atoms with van der Waals surface area (Å²) in [6.45, 7) is 9.83. The first kappa shape index (κ1) is 28.6. The molecule has 0 radical (unpaired) electrons. The second kappa shape index (κ2) is 14.7. The molecular formula is C39H41N. The van der Waals surface area contributed by atoms with Crippen LogP contribution in [0.25, 0.3) is 16.8 Å². The molecule has 3 aliphatic rings. The Morgan fingerprint density at radius 3 is 2.40 bits per heavy atom. The van der Waals surface area contributed by atoms with Gasteiger partial charge in [0.05, 0.1) is 0 Å². The predicted octanol–water partition coefficient (Wildman–Crippen LogP) is 10.4. The summed E-state index contributed by atoms with van der Waals surface area (Å²) in [4.78, 5) is 0. The summed E-state index contributed by atoms with van der Waals surface area (Å²) in [6.07, 6.45) is 25.8. The van der Waals surface area contributed by atoms with Crippen molar-refractivity contribution in [2.45, 2.75) is 38.5 Å². The second-order valence-corrected chi connectivity index (χ2v) is 10.5. The third kappa shape index (κ3) is 8.07. The lowest BCUT2D eigenvalue weighted by atomic mass is 9.86. The maximum Gasteiger partial charge on any atom is 0.0270 e. The van der Waals surface area contributed by atoms with Crippen LogP contribution in [0, 0.1) is 5.92 Å². The number of hydrogen-bond donors (Lipinski definition) is 1. The van der Waals surface area contributed by atoms with E-state index in [9.17, 15) is 0 Å². The average molecular weight is 524 g/mol. The molecular weight excluding hydrogens is 482 g/mol. The van der Waals surface area contributed by atoms with E-state index in [1.165, 1.54) is 38.6 Å². The Morgan fingerprint density at radius 2 is 1.68 bits per heavy atom. The predicted molar refractivity (Wildman–Crippen MR) is 176 cm³/mol. The van der Waals surface area contributed by atoms with Crippen molar-refractivity contribution >= 4 is 16.8 Å². The second-order valence-electron chi connectivity index (χ2n) is 10.5. The third-order valence-corrected chi connectivity index (χ3v) is 7.47. The van der Waals surface area contributed by atoms with Crippen molar-refractivity contribution in [1.29, 1.82) is 0 Å². The maximum absolute atomic E-state index is 5.82. The van der Waals surface area contributed by atoms with Crippen molar-refractivity contribution in [2.75, 3.05) is 0 Å². The van der Waals surface area contributed by atoms with Crippen molar-refractivity contribution in [3.63, 3.8) is 0 Å². The summed E-state index contributed by atoms with van der Waals surface area (Å²) in [7, 11) is 0. The molecule has 3 aliphatic carbocycles. The maximum atomic E-state index is 5.82. The number of allylic oxidation sites excluding steroid dienone is 12. The van der Waals surface area contributed by atoms with Gasteiger partial charge in [-0.3, -0.25) is 0 Å². The van der Waals surface area contributed by atoms with Gasteiger partial charge >= 0.3 is 0 Å². The Labute approximate surface area is 240 Å². The molecule has 1 nitrogen and oxygen atoms in total. The Hall–Kier alpha value is -4.36. The van der Waals surface area contributed by atoms with Gasteiger partial charge in [0, 0.05) is 17.5 Å². The van der Waals surface area contributed by atoms with Crippen LogP contribution in [-0.4, -0.2) is 0 Å². The molecule has 3 aromatic rings. The van der Waals surface area contributed by atoms with Crippen LogP contribution in [0.5, 0.6) is 0 Å². The number of fused-ring (bicyclic) bond motifs is 2. The summed E-state index contributed by atoms with van der Waals surface area (Å²) in [5.41, 5.74) is 13.5. The molecule has 6 rings (SSSR count). The van der Waals surface area contributed by atoms with Crippen LogP contribution < -0.4 is 5.73 Å². The lowest BCUT2D eigenvalue weighted by Crippen LogP contribution is -2.16. The molecule has 0 heterocycles. The zero-order valence-electron chi connectivity index (χ0n) is 23.7. The Balaban J connectivity index is 0.000000143. The highest BCUT2D eigenvalue weighted by Gasteiger charge is 2.17. The van der Waals surface area contributed by atoms with Gasteiger partial charge in [-0.25, -0.2) is 0 Å². The van der Waals surface area contributed by atoms with E-state index in [-0.39, 0.29) is 0 Å². The van der Waals surface area contributed by atoms with E-state index in [1.807, 2.05) is 18.2 Å². The molecule has 2 atom stereocenters. The molecule has 202 valence electrons. The molecule has 1 heteroatoms. The van der Waals surface area contributed by atoms with Gasteiger partial charge in [0.1, 0.15) is 0 Å². The van der Waals surface area contributed by atoms with E-state index >= 15 is 0 Å². The number of nitrogens with two attached hydrogens (primary N) is 1. The van der Waals surface area contributed by atoms with Gasteiger partial charge in [-0.15, -0.1) is 6.58 Å². The minimum atomic E-state index is 0.449. The monoisotopic (exact) mass is 523 g/mol. The van der Waals surface area contributed by atoms with Crippen LogP contribution >= 0.6 is 0 Å². The van der Waals surface area contributed by atoms with Crippen molar-refractivity contribution in [2.24, 2.45) is 11.7 Å². The highest BCUT2D eigenvalue weighted by atomic mass is 14.6. The molecule has 0 saturated heterocycles. The molecule has 40 heavy (non-hydrogen) atoms. The van der Waals surface area contributed by atoms with Crippen molar-refractivity contribution in [1.82, 2.24) is 0 Å². The van der Waals surface area contributed by atoms with Crippen molar-refractivity contribution in [3.8, 4) is 0 Å². The van der Waals surface area contributed by atoms with Crippen molar-refractivity contribution in [3.05, 3.63) is 174 Å². The highest BCUT2D eigenvalue weighted by Crippen LogP contribution is 2.29. The summed E-state index contributed by atoms with van der Waals surface area (Å²) in [6, 6.07) is 25.3. The van der Waals surface area contributed by atoms with Crippen LogP contribution in [-0.2, 0) is 0 Å². The minimum Gasteiger partial charge on any atom is -0.402 e. The molecule has 0 amide bonds. The first-order valence-electron chi connectivity index (χ1n) is 14.2. The number of hydrogen-bond acceptors (Lipinski definition) is 1. The molecule has 0 fully saturated rings. The van der Waals surface area contributed by atoms with E-state index in [0.717, 1.165) is 31.4 Å². The highest BCUT2D eigenvalue weighted by molar-refractivity contribution is 5.90. The summed E-state index contributed by atoms with van der Waals surface area (Å²) in [5.74, 6) is 1.01. The lowest BCUT2D eigenvalue weighted by Gasteiger charge is -2.21. The van der Waals surface area contributed by atoms with Crippen molar-refractivity contribution < 1.29 is 0 Å². The quantitative estimate of drug-likeness (QED) is 0.331. The minimum absolute atomic E-state index is 0.449. The number of rotatable bonds is 5. The van der Waals surface area contributed by atoms with Crippen LogP contribution in [0.4, 0.5) is 0 Å². The summed E-state index contributed by atoms with van der Waals surface area (Å²) >= 11 is 0. The van der Waals surface area contributed by atoms with E-state index in [0.29, 0.717) is 11.8 Å². The van der Waals surface area contributed by atoms with E-state index < -0.39 is 0 Å². The largest absolute Gasteiger partial charge is 0.402 e. The molecule has 0 aromatic heterocycles. The van der Waals surface area contributed by atoms with Gasteiger partial charge in [-0.2, -0.15) is 0 Å². The van der Waals surface area contributed by atoms with Crippen LogP contribution in [0.3, 0.4) is 0 Å². The molecule has 0 bridgehead atoms. The fraction of sp³-hybridized carbons (Fsp3) is 0.179. The standard InChI is InChI=1S/C17H20.C12H10.C10H11N/c1-14(2)8-9-15-10-12-17(13-11-15)16-6-4-3-5-7-16;1-2-10-7-5-8-11-6-3-4-9-12(10)11;11-10-7-3-5-8-4-1-2-6-9(8)10/h3-7,10-12,17H,1,8-9,13H2,2H3;2-9H,1H2;1-5,7,9H,6,11H2. The van der Waals surface area contributed by atoms with Gasteiger partial charge in [-0.1, -0.05) is 145 Å². The molecule has 0 spiro atoms. The molecule has 0 saturated carbocycles. The molecule has 0 aliphatic heterocycles. The molecule has 2 N–H and O–H groups in total. The normalized spacial score (nSPS) is 18.6. The lowest BCUT2D eigenvalue weighted by molar-refractivity contribution is 0.718. The molecule has 2 unspecified atom stereocenters. The SMILES string of the molecule is C=C(C)CCC1=CCC(c2ccccc2)C=C1.C=Cc1cccc2ccccc12.NC1=CC=CC2=CC=CCC12. The molecule has 3 aromatic carbocycles. The van der Waals surface area contributed by atoms with Gasteiger partial charge in [-0.05, 0) is 66.2 Å². The van der Waals surface area contributed by atoms with E-state index in [2.05, 4.69) is 135 Å². The smallest absolute Gasteiger partial charge is 0.0270 e. The zero-order chi connectivity index (χ0) is 28.2. The first-order chi connectivity index (χ1) is 19.5. The third-order valence-electron chi connectivity index (χ3n) is 7.47. The first-order valence-corrected chi connectivity index (χ1v) is 14.2. The Morgan fingerprint density at radius 1 is 0.900 bits per heavy atom. The van der Waals surface area contributed by atoms with Gasteiger partial charge in [0.2, 0.25) is 0 Å². The van der Waals surface area contributed by atoms with Gasteiger partial charge in [0.25, 0.3) is 0 Å². The van der Waals surface area contributed by atoms with E-state index in [1.54, 1.807) is 0 Å². The summed E-state index contributed by atoms with van der Waals surface area (Å²) < 4.78 is 0. The fourth-order valence-electron chi connectivity index (χ4n) is 5.12. The van der Waals surface area contributed by atoms with Crippen LogP contribution in [0.1, 0.15) is 49.7 Å².